The van der Waals surface area contributed by atoms with Crippen molar-refractivity contribution in [2.24, 2.45) is 11.3 Å². The zero-order valence-corrected chi connectivity index (χ0v) is 15.4. The van der Waals surface area contributed by atoms with Gasteiger partial charge in [0.15, 0.2) is 0 Å². The maximum Gasteiger partial charge on any atom is -0.000460 e. The summed E-state index contributed by atoms with van der Waals surface area (Å²) in [7, 11) is -0.00452. The normalized spacial score (nSPS) is 21.2. The van der Waals surface area contributed by atoms with Crippen LogP contribution in [0.2, 0.25) is 0 Å². The molecule has 0 nitrogen and oxygen atoms in total. The molecule has 0 amide bonds. The molecule has 1 rings (SSSR count). The molecule has 0 bridgehead atoms. The van der Waals surface area contributed by atoms with Crippen LogP contribution in [-0.4, -0.2) is 16.5 Å². The van der Waals surface area contributed by atoms with Crippen LogP contribution in [0.15, 0.2) is 23.8 Å². The van der Waals surface area contributed by atoms with E-state index in [1.54, 1.807) is 0 Å². The zero-order valence-electron chi connectivity index (χ0n) is 14.5. The van der Waals surface area contributed by atoms with Crippen LogP contribution in [0.25, 0.3) is 0 Å². The van der Waals surface area contributed by atoms with Gasteiger partial charge in [-0.1, -0.05) is 88.5 Å². The molecular weight excluding hydrogens is 247 g/mol. The van der Waals surface area contributed by atoms with Gasteiger partial charge in [0.25, 0.3) is 0 Å². The Labute approximate surface area is 122 Å². The molecule has 1 atom stereocenters. The van der Waals surface area contributed by atoms with E-state index >= 15 is 0 Å². The quantitative estimate of drug-likeness (QED) is 0.526. The highest BCUT2D eigenvalue weighted by atomic mass is 31.1. The highest BCUT2D eigenvalue weighted by Gasteiger charge is 2.35. The predicted octanol–water partition coefficient (Wildman–Crippen LogP) is 6.22. The summed E-state index contributed by atoms with van der Waals surface area (Å²) in [6, 6.07) is 0. The lowest BCUT2D eigenvalue weighted by Gasteiger charge is -2.42. The third-order valence-corrected chi connectivity index (χ3v) is 7.82. The van der Waals surface area contributed by atoms with Gasteiger partial charge < -0.3 is 0 Å². The molecule has 1 aliphatic rings. The van der Waals surface area contributed by atoms with Crippen molar-refractivity contribution in [1.29, 1.82) is 0 Å². The molecule has 1 aliphatic carbocycles. The van der Waals surface area contributed by atoms with E-state index in [0.29, 0.717) is 16.2 Å². The minimum Gasteiger partial charge on any atom is -0.0947 e. The Hall–Kier alpha value is -0.0900. The average Bonchev–Trinajstić information content (AvgIpc) is 2.57. The number of allylic oxidation sites excluding steroid dienone is 4. The van der Waals surface area contributed by atoms with Crippen molar-refractivity contribution >= 4 is 7.92 Å². The summed E-state index contributed by atoms with van der Waals surface area (Å²) < 4.78 is 0. The minimum absolute atomic E-state index is 0.00452. The molecule has 0 heterocycles. The van der Waals surface area contributed by atoms with E-state index in [9.17, 15) is 0 Å². The molecule has 0 saturated carbocycles. The summed E-state index contributed by atoms with van der Waals surface area (Å²) in [6.07, 6.45) is 8.61. The lowest BCUT2D eigenvalue weighted by molar-refractivity contribution is 0.516. The Bertz CT molecular complexity index is 352. The van der Waals surface area contributed by atoms with Crippen LogP contribution in [0.4, 0.5) is 0 Å². The SMILES string of the molecule is CC(C)(C)C1=CC(CP(C(C)(C)C)C(C)(C)C)C=C1. The van der Waals surface area contributed by atoms with Gasteiger partial charge in [-0.15, -0.1) is 0 Å². The summed E-state index contributed by atoms with van der Waals surface area (Å²) in [6.45, 7) is 21.4. The first-order chi connectivity index (χ1) is 8.32. The van der Waals surface area contributed by atoms with Gasteiger partial charge in [0, 0.05) is 0 Å². The van der Waals surface area contributed by atoms with Crippen molar-refractivity contribution in [3.05, 3.63) is 23.8 Å². The summed E-state index contributed by atoms with van der Waals surface area (Å²) >= 11 is 0. The van der Waals surface area contributed by atoms with Crippen molar-refractivity contribution in [1.82, 2.24) is 0 Å². The second-order valence-corrected chi connectivity index (χ2v) is 12.8. The van der Waals surface area contributed by atoms with E-state index in [2.05, 4.69) is 80.5 Å². The maximum absolute atomic E-state index is 2.51. The first kappa shape index (κ1) is 17.0. The standard InChI is InChI=1S/C18H33P/c1-16(2,3)15-11-10-14(12-15)13-19(17(4,5)6)18(7,8)9/h10-12,14H,13H2,1-9H3. The second kappa shape index (κ2) is 5.36. The Morgan fingerprint density at radius 3 is 1.68 bits per heavy atom. The van der Waals surface area contributed by atoms with Gasteiger partial charge in [-0.05, 0) is 33.4 Å². The van der Waals surface area contributed by atoms with Crippen LogP contribution in [0.5, 0.6) is 0 Å². The fourth-order valence-electron chi connectivity index (χ4n) is 2.95. The maximum atomic E-state index is 2.51. The molecule has 110 valence electrons. The number of hydrogen-bond acceptors (Lipinski definition) is 0. The third kappa shape index (κ3) is 4.75. The van der Waals surface area contributed by atoms with Gasteiger partial charge in [-0.3, -0.25) is 0 Å². The third-order valence-electron chi connectivity index (χ3n) is 3.80. The second-order valence-electron chi connectivity index (χ2n) is 8.85. The summed E-state index contributed by atoms with van der Waals surface area (Å²) in [4.78, 5) is 0. The molecule has 0 radical (unpaired) electrons. The molecule has 0 aromatic heterocycles. The molecule has 0 aromatic rings. The lowest BCUT2D eigenvalue weighted by Crippen LogP contribution is -2.28. The molecule has 1 heteroatoms. The monoisotopic (exact) mass is 280 g/mol. The van der Waals surface area contributed by atoms with E-state index in [1.807, 2.05) is 0 Å². The molecule has 0 fully saturated rings. The van der Waals surface area contributed by atoms with Gasteiger partial charge in [-0.2, -0.15) is 0 Å². The zero-order chi connectivity index (χ0) is 15.1. The molecule has 19 heavy (non-hydrogen) atoms. The van der Waals surface area contributed by atoms with Gasteiger partial charge in [0.1, 0.15) is 0 Å². The highest BCUT2D eigenvalue weighted by molar-refractivity contribution is 7.60. The van der Waals surface area contributed by atoms with E-state index in [1.165, 1.54) is 11.7 Å². The van der Waals surface area contributed by atoms with Gasteiger partial charge >= 0.3 is 0 Å². The van der Waals surface area contributed by atoms with Crippen molar-refractivity contribution in [3.63, 3.8) is 0 Å². The molecule has 1 unspecified atom stereocenters. The van der Waals surface area contributed by atoms with E-state index in [4.69, 9.17) is 0 Å². The first-order valence-electron chi connectivity index (χ1n) is 7.50. The number of rotatable bonds is 2. The van der Waals surface area contributed by atoms with Crippen LogP contribution < -0.4 is 0 Å². The van der Waals surface area contributed by atoms with Crippen molar-refractivity contribution in [3.8, 4) is 0 Å². The lowest BCUT2D eigenvalue weighted by atomic mass is 9.87. The van der Waals surface area contributed by atoms with Gasteiger partial charge in [0.05, 0.1) is 0 Å². The van der Waals surface area contributed by atoms with Crippen molar-refractivity contribution < 1.29 is 0 Å². The summed E-state index contributed by atoms with van der Waals surface area (Å²) in [5.41, 5.74) is 1.80. The van der Waals surface area contributed by atoms with Gasteiger partial charge in [0.2, 0.25) is 0 Å². The first-order valence-corrected chi connectivity index (χ1v) is 9.03. The Balaban J connectivity index is 2.85. The van der Waals surface area contributed by atoms with Crippen molar-refractivity contribution in [2.75, 3.05) is 6.16 Å². The van der Waals surface area contributed by atoms with Crippen LogP contribution in [-0.2, 0) is 0 Å². The molecular formula is C18H33P. The van der Waals surface area contributed by atoms with E-state index < -0.39 is 0 Å². The Morgan fingerprint density at radius 1 is 0.895 bits per heavy atom. The minimum atomic E-state index is -0.00452. The Kier molecular flexibility index (Phi) is 4.79. The van der Waals surface area contributed by atoms with Crippen LogP contribution >= 0.6 is 7.92 Å². The molecule has 0 aromatic carbocycles. The highest BCUT2D eigenvalue weighted by Crippen LogP contribution is 2.60. The predicted molar refractivity (Wildman–Crippen MR) is 91.5 cm³/mol. The smallest absolute Gasteiger partial charge is 0.000460 e. The van der Waals surface area contributed by atoms with Crippen LogP contribution in [0, 0.1) is 11.3 Å². The molecule has 0 N–H and O–H groups in total. The summed E-state index contributed by atoms with van der Waals surface area (Å²) in [5.74, 6) is 0.652. The van der Waals surface area contributed by atoms with E-state index in [-0.39, 0.29) is 13.3 Å². The van der Waals surface area contributed by atoms with Gasteiger partial charge in [-0.25, -0.2) is 0 Å². The fourth-order valence-corrected chi connectivity index (χ4v) is 6.70. The van der Waals surface area contributed by atoms with E-state index in [0.717, 1.165) is 0 Å². The molecule has 0 saturated heterocycles. The number of hydrogen-bond donors (Lipinski definition) is 0. The largest absolute Gasteiger partial charge is 0.0947 e. The molecule has 0 spiro atoms. The fraction of sp³-hybridized carbons (Fsp3) is 0.778. The average molecular weight is 280 g/mol. The topological polar surface area (TPSA) is 0 Å². The van der Waals surface area contributed by atoms with Crippen LogP contribution in [0.3, 0.4) is 0 Å². The molecule has 0 aliphatic heterocycles. The van der Waals surface area contributed by atoms with Crippen molar-refractivity contribution in [2.45, 2.75) is 72.6 Å². The Morgan fingerprint density at radius 2 is 1.37 bits per heavy atom. The van der Waals surface area contributed by atoms with Crippen LogP contribution in [0.1, 0.15) is 62.3 Å². The summed E-state index contributed by atoms with van der Waals surface area (Å²) in [5, 5.41) is 0.861.